The van der Waals surface area contributed by atoms with Crippen molar-refractivity contribution >= 4 is 21.4 Å². The van der Waals surface area contributed by atoms with E-state index < -0.39 is 14.5 Å². The van der Waals surface area contributed by atoms with Crippen LogP contribution in [-0.4, -0.2) is 19.4 Å². The third kappa shape index (κ3) is 2.52. The van der Waals surface area contributed by atoms with Gasteiger partial charge in [-0.25, -0.2) is 8.42 Å². The van der Waals surface area contributed by atoms with E-state index in [4.69, 9.17) is 11.6 Å². The Morgan fingerprint density at radius 3 is 2.00 bits per heavy atom. The van der Waals surface area contributed by atoms with Crippen molar-refractivity contribution in [2.24, 2.45) is 0 Å². The predicted octanol–water partition coefficient (Wildman–Crippen LogP) is 1.01. The molecule has 1 atom stereocenters. The maximum absolute atomic E-state index is 10.4. The average molecular weight is 157 g/mol. The molecule has 0 saturated carbocycles. The van der Waals surface area contributed by atoms with Crippen LogP contribution in [0.15, 0.2) is 0 Å². The number of alkyl halides is 1. The van der Waals surface area contributed by atoms with Crippen LogP contribution in [0.1, 0.15) is 13.3 Å². The van der Waals surface area contributed by atoms with Gasteiger partial charge in [-0.1, -0.05) is 6.92 Å². The SMILES string of the molecule is CCC(Cl)S(C)(=O)=O. The fraction of sp³-hybridized carbons (Fsp3) is 1.00. The Balaban J connectivity index is 4.04. The summed E-state index contributed by atoms with van der Waals surface area (Å²) >= 11 is 5.35. The topological polar surface area (TPSA) is 34.1 Å². The second kappa shape index (κ2) is 2.69. The van der Waals surface area contributed by atoms with Gasteiger partial charge in [0.1, 0.15) is 4.71 Å². The highest BCUT2D eigenvalue weighted by molar-refractivity contribution is 7.92. The molecule has 50 valence electrons. The summed E-state index contributed by atoms with van der Waals surface area (Å²) in [6.07, 6.45) is 1.61. The minimum atomic E-state index is -2.99. The molecule has 0 aromatic heterocycles. The molecule has 0 radical (unpaired) electrons. The van der Waals surface area contributed by atoms with E-state index in [1.165, 1.54) is 0 Å². The van der Waals surface area contributed by atoms with Gasteiger partial charge in [0, 0.05) is 6.26 Å². The predicted molar refractivity (Wildman–Crippen MR) is 34.8 cm³/mol. The highest BCUT2D eigenvalue weighted by atomic mass is 35.5. The van der Waals surface area contributed by atoms with Crippen molar-refractivity contribution in [3.05, 3.63) is 0 Å². The zero-order valence-electron chi connectivity index (χ0n) is 4.89. The molecule has 0 aliphatic carbocycles. The van der Waals surface area contributed by atoms with Gasteiger partial charge in [0.25, 0.3) is 0 Å². The second-order valence-electron chi connectivity index (χ2n) is 1.65. The van der Waals surface area contributed by atoms with E-state index in [9.17, 15) is 8.42 Å². The Hall–Kier alpha value is 0.240. The van der Waals surface area contributed by atoms with E-state index in [2.05, 4.69) is 0 Å². The minimum Gasteiger partial charge on any atom is -0.228 e. The first kappa shape index (κ1) is 8.24. The molecule has 4 heteroatoms. The monoisotopic (exact) mass is 156 g/mol. The molecule has 0 bridgehead atoms. The third-order valence-corrected chi connectivity index (χ3v) is 3.33. The fourth-order valence-corrected chi connectivity index (χ4v) is 0.908. The summed E-state index contributed by atoms with van der Waals surface area (Å²) in [5.74, 6) is 0. The van der Waals surface area contributed by atoms with Crippen molar-refractivity contribution in [2.75, 3.05) is 6.26 Å². The molecule has 2 nitrogen and oxygen atoms in total. The lowest BCUT2D eigenvalue weighted by atomic mass is 10.6. The van der Waals surface area contributed by atoms with E-state index in [-0.39, 0.29) is 0 Å². The van der Waals surface area contributed by atoms with Crippen LogP contribution in [0.5, 0.6) is 0 Å². The Labute approximate surface area is 54.8 Å². The molecule has 0 saturated heterocycles. The van der Waals surface area contributed by atoms with Crippen LogP contribution in [0.3, 0.4) is 0 Å². The summed E-state index contributed by atoms with van der Waals surface area (Å²) in [6, 6.07) is 0. The number of rotatable bonds is 2. The zero-order valence-corrected chi connectivity index (χ0v) is 6.46. The first-order valence-electron chi connectivity index (χ1n) is 2.31. The van der Waals surface area contributed by atoms with Crippen molar-refractivity contribution in [1.29, 1.82) is 0 Å². The number of hydrogen-bond donors (Lipinski definition) is 0. The van der Waals surface area contributed by atoms with Crippen molar-refractivity contribution in [3.8, 4) is 0 Å². The molecule has 0 aliphatic rings. The Kier molecular flexibility index (Phi) is 2.77. The average Bonchev–Trinajstić information content (AvgIpc) is 1.62. The molecule has 0 heterocycles. The molecule has 0 aromatic carbocycles. The van der Waals surface area contributed by atoms with Crippen LogP contribution in [0.2, 0.25) is 0 Å². The molecule has 0 spiro atoms. The van der Waals surface area contributed by atoms with Gasteiger partial charge in [0.05, 0.1) is 0 Å². The van der Waals surface area contributed by atoms with Crippen LogP contribution in [0.4, 0.5) is 0 Å². The van der Waals surface area contributed by atoms with Gasteiger partial charge in [-0.05, 0) is 6.42 Å². The molecule has 0 aliphatic heterocycles. The lowest BCUT2D eigenvalue weighted by molar-refractivity contribution is 0.597. The summed E-state index contributed by atoms with van der Waals surface area (Å²) < 4.78 is 20.2. The molecule has 0 N–H and O–H groups in total. The van der Waals surface area contributed by atoms with E-state index in [1.54, 1.807) is 6.92 Å². The molecule has 0 amide bonds. The largest absolute Gasteiger partial charge is 0.228 e. The van der Waals surface area contributed by atoms with Gasteiger partial charge in [-0.15, -0.1) is 11.6 Å². The Morgan fingerprint density at radius 2 is 2.00 bits per heavy atom. The zero-order chi connectivity index (χ0) is 6.78. The van der Waals surface area contributed by atoms with Gasteiger partial charge < -0.3 is 0 Å². The quantitative estimate of drug-likeness (QED) is 0.560. The first-order valence-corrected chi connectivity index (χ1v) is 4.70. The van der Waals surface area contributed by atoms with E-state index in [0.29, 0.717) is 6.42 Å². The molecule has 0 aromatic rings. The lowest BCUT2D eigenvalue weighted by Gasteiger charge is -1.99. The fourth-order valence-electron chi connectivity index (χ4n) is 0.303. The Bertz CT molecular complexity index is 149. The van der Waals surface area contributed by atoms with Crippen molar-refractivity contribution in [2.45, 2.75) is 18.1 Å². The smallest absolute Gasteiger partial charge is 0.164 e. The molecule has 0 rings (SSSR count). The van der Waals surface area contributed by atoms with Crippen LogP contribution in [-0.2, 0) is 9.84 Å². The summed E-state index contributed by atoms with van der Waals surface area (Å²) in [6.45, 7) is 1.73. The van der Waals surface area contributed by atoms with Crippen LogP contribution in [0.25, 0.3) is 0 Å². The summed E-state index contributed by atoms with van der Waals surface area (Å²) in [4.78, 5) is 0. The lowest BCUT2D eigenvalue weighted by Crippen LogP contribution is -2.10. The second-order valence-corrected chi connectivity index (χ2v) is 4.66. The van der Waals surface area contributed by atoms with Gasteiger partial charge >= 0.3 is 0 Å². The van der Waals surface area contributed by atoms with Crippen LogP contribution in [0, 0.1) is 0 Å². The minimum absolute atomic E-state index is 0.473. The Morgan fingerprint density at radius 1 is 1.62 bits per heavy atom. The molecular formula is C4H9ClO2S. The summed E-state index contributed by atoms with van der Waals surface area (Å²) in [5, 5.41) is 0. The normalized spacial score (nSPS) is 15.9. The maximum Gasteiger partial charge on any atom is 0.164 e. The van der Waals surface area contributed by atoms with E-state index >= 15 is 0 Å². The van der Waals surface area contributed by atoms with Crippen LogP contribution < -0.4 is 0 Å². The van der Waals surface area contributed by atoms with Gasteiger partial charge in [0.15, 0.2) is 9.84 Å². The van der Waals surface area contributed by atoms with Gasteiger partial charge in [-0.2, -0.15) is 0 Å². The van der Waals surface area contributed by atoms with Crippen molar-refractivity contribution in [1.82, 2.24) is 0 Å². The molecule has 1 unspecified atom stereocenters. The number of halogens is 1. The van der Waals surface area contributed by atoms with Gasteiger partial charge in [0.2, 0.25) is 0 Å². The number of sulfone groups is 1. The summed E-state index contributed by atoms with van der Waals surface area (Å²) in [7, 11) is -2.99. The highest BCUT2D eigenvalue weighted by Gasteiger charge is 2.13. The first-order chi connectivity index (χ1) is 3.48. The maximum atomic E-state index is 10.4. The van der Waals surface area contributed by atoms with Crippen molar-refractivity contribution < 1.29 is 8.42 Å². The van der Waals surface area contributed by atoms with Crippen molar-refractivity contribution in [3.63, 3.8) is 0 Å². The van der Waals surface area contributed by atoms with Gasteiger partial charge in [-0.3, -0.25) is 0 Å². The molecule has 8 heavy (non-hydrogen) atoms. The highest BCUT2D eigenvalue weighted by Crippen LogP contribution is 2.07. The summed E-state index contributed by atoms with van der Waals surface area (Å²) in [5.41, 5.74) is 0. The van der Waals surface area contributed by atoms with E-state index in [1.807, 2.05) is 0 Å². The third-order valence-electron chi connectivity index (χ3n) is 0.786. The van der Waals surface area contributed by atoms with E-state index in [0.717, 1.165) is 6.26 Å². The standard InChI is InChI=1S/C4H9ClO2S/c1-3-4(5)8(2,6)7/h4H,3H2,1-2H3. The number of hydrogen-bond acceptors (Lipinski definition) is 2. The molecular weight excluding hydrogens is 148 g/mol. The molecule has 0 fully saturated rings. The van der Waals surface area contributed by atoms with Crippen LogP contribution >= 0.6 is 11.6 Å².